The molecule has 2 rings (SSSR count). The minimum atomic E-state index is -0.391. The number of carbonyl (C=O) groups excluding carboxylic acids is 1. The molecule has 1 aliphatic rings. The summed E-state index contributed by atoms with van der Waals surface area (Å²) in [4.78, 5) is 21.0. The van der Waals surface area contributed by atoms with Gasteiger partial charge in [0.15, 0.2) is 0 Å². The smallest absolute Gasteiger partial charge is 0.306 e. The predicted octanol–water partition coefficient (Wildman–Crippen LogP) is 4.59. The minimum absolute atomic E-state index is 0.105. The Bertz CT molecular complexity index is 594. The molecule has 2 heterocycles. The maximum absolute atomic E-state index is 11.7. The molecular weight excluding hydrogens is 368 g/mol. The van der Waals surface area contributed by atoms with Gasteiger partial charge in [-0.25, -0.2) is 0 Å². The van der Waals surface area contributed by atoms with Crippen LogP contribution in [0.2, 0.25) is 0 Å². The zero-order valence-electron chi connectivity index (χ0n) is 14.8. The molecule has 0 aliphatic carbocycles. The van der Waals surface area contributed by atoms with E-state index in [1.54, 1.807) is 0 Å². The molecule has 1 atom stereocenters. The van der Waals surface area contributed by atoms with E-state index in [4.69, 9.17) is 9.72 Å². The summed E-state index contributed by atoms with van der Waals surface area (Å²) >= 11 is 3.64. The predicted molar refractivity (Wildman–Crippen MR) is 101 cm³/mol. The Balaban J connectivity index is 1.75. The number of carbonyl (C=O) groups is 1. The molecule has 24 heavy (non-hydrogen) atoms. The summed E-state index contributed by atoms with van der Waals surface area (Å²) in [5.74, 6) is -0.105. The van der Waals surface area contributed by atoms with E-state index in [9.17, 15) is 4.79 Å². The lowest BCUT2D eigenvalue weighted by Crippen LogP contribution is -2.23. The van der Waals surface area contributed by atoms with Gasteiger partial charge >= 0.3 is 5.97 Å². The lowest BCUT2D eigenvalue weighted by atomic mass is 10.1. The topological polar surface area (TPSA) is 51.5 Å². The van der Waals surface area contributed by atoms with E-state index in [1.807, 2.05) is 27.0 Å². The Labute approximate surface area is 153 Å². The van der Waals surface area contributed by atoms with Crippen LogP contribution >= 0.6 is 15.9 Å². The Morgan fingerprint density at radius 1 is 1.29 bits per heavy atom. The molecule has 0 bridgehead atoms. The van der Waals surface area contributed by atoms with Crippen LogP contribution in [0.15, 0.2) is 17.1 Å². The SMILES string of the molecule is CC(C)(C)OC(=O)CCCCCc1ccc2c(n1)C(Br)C=NCC2. The third-order valence-electron chi connectivity index (χ3n) is 3.81. The highest BCUT2D eigenvalue weighted by atomic mass is 79.9. The largest absolute Gasteiger partial charge is 0.460 e. The van der Waals surface area contributed by atoms with Gasteiger partial charge in [-0.05, 0) is 58.1 Å². The third kappa shape index (κ3) is 6.34. The van der Waals surface area contributed by atoms with Crippen LogP contribution in [0.1, 0.15) is 68.2 Å². The van der Waals surface area contributed by atoms with Gasteiger partial charge in [-0.3, -0.25) is 14.8 Å². The van der Waals surface area contributed by atoms with Crippen LogP contribution in [0.5, 0.6) is 0 Å². The minimum Gasteiger partial charge on any atom is -0.460 e. The van der Waals surface area contributed by atoms with Crippen molar-refractivity contribution in [1.29, 1.82) is 0 Å². The third-order valence-corrected chi connectivity index (χ3v) is 4.48. The normalized spacial score (nSPS) is 17.2. The summed E-state index contributed by atoms with van der Waals surface area (Å²) in [6, 6.07) is 4.30. The number of halogens is 1. The zero-order valence-corrected chi connectivity index (χ0v) is 16.4. The molecule has 0 N–H and O–H groups in total. The molecule has 0 saturated heterocycles. The molecule has 0 radical (unpaired) electrons. The van der Waals surface area contributed by atoms with Gasteiger partial charge in [-0.15, -0.1) is 0 Å². The van der Waals surface area contributed by atoms with Crippen LogP contribution in [0.4, 0.5) is 0 Å². The average molecular weight is 395 g/mol. The second kappa shape index (κ2) is 8.75. The van der Waals surface area contributed by atoms with Crippen LogP contribution in [0.25, 0.3) is 0 Å². The first-order valence-corrected chi connectivity index (χ1v) is 9.61. The second-order valence-corrected chi connectivity index (χ2v) is 8.19. The molecule has 0 fully saturated rings. The molecule has 0 saturated carbocycles. The van der Waals surface area contributed by atoms with Gasteiger partial charge in [0.05, 0.1) is 10.5 Å². The fourth-order valence-electron chi connectivity index (χ4n) is 2.70. The maximum atomic E-state index is 11.7. The van der Waals surface area contributed by atoms with Crippen LogP contribution in [-0.2, 0) is 22.4 Å². The van der Waals surface area contributed by atoms with Crippen molar-refractivity contribution in [3.8, 4) is 0 Å². The van der Waals surface area contributed by atoms with Gasteiger partial charge in [0, 0.05) is 24.9 Å². The Hall–Kier alpha value is -1.23. The number of unbranched alkanes of at least 4 members (excludes halogenated alkanes) is 2. The van der Waals surface area contributed by atoms with Gasteiger partial charge in [0.1, 0.15) is 5.60 Å². The number of ether oxygens (including phenoxy) is 1. The number of aryl methyl sites for hydroxylation is 1. The summed E-state index contributed by atoms with van der Waals surface area (Å²) in [6.07, 6.45) is 7.24. The van der Waals surface area contributed by atoms with Crippen LogP contribution in [0.3, 0.4) is 0 Å². The highest BCUT2D eigenvalue weighted by Gasteiger charge is 2.16. The van der Waals surface area contributed by atoms with Crippen LogP contribution < -0.4 is 0 Å². The summed E-state index contributed by atoms with van der Waals surface area (Å²) in [5, 5.41) is 0. The van der Waals surface area contributed by atoms with Gasteiger partial charge in [0.2, 0.25) is 0 Å². The van der Waals surface area contributed by atoms with Crippen molar-refractivity contribution in [2.45, 2.75) is 69.7 Å². The van der Waals surface area contributed by atoms with Gasteiger partial charge in [0.25, 0.3) is 0 Å². The van der Waals surface area contributed by atoms with E-state index in [0.717, 1.165) is 50.0 Å². The lowest BCUT2D eigenvalue weighted by Gasteiger charge is -2.19. The van der Waals surface area contributed by atoms with Gasteiger partial charge in [-0.1, -0.05) is 28.4 Å². The number of alkyl halides is 1. The molecule has 0 amide bonds. The fraction of sp³-hybridized carbons (Fsp3) is 0.632. The van der Waals surface area contributed by atoms with E-state index >= 15 is 0 Å². The van der Waals surface area contributed by atoms with E-state index in [-0.39, 0.29) is 10.8 Å². The number of nitrogens with zero attached hydrogens (tertiary/aromatic N) is 2. The maximum Gasteiger partial charge on any atom is 0.306 e. The van der Waals surface area contributed by atoms with Crippen molar-refractivity contribution in [2.24, 2.45) is 4.99 Å². The van der Waals surface area contributed by atoms with E-state index < -0.39 is 5.60 Å². The van der Waals surface area contributed by atoms with Crippen LogP contribution in [-0.4, -0.2) is 29.3 Å². The Morgan fingerprint density at radius 3 is 2.83 bits per heavy atom. The molecule has 4 nitrogen and oxygen atoms in total. The highest BCUT2D eigenvalue weighted by molar-refractivity contribution is 9.09. The van der Waals surface area contributed by atoms with E-state index in [0.29, 0.717) is 6.42 Å². The molecule has 5 heteroatoms. The first-order chi connectivity index (χ1) is 11.3. The van der Waals surface area contributed by atoms with Gasteiger partial charge in [-0.2, -0.15) is 0 Å². The number of hydrogen-bond acceptors (Lipinski definition) is 4. The number of hydrogen-bond donors (Lipinski definition) is 0. The summed E-state index contributed by atoms with van der Waals surface area (Å²) in [5.41, 5.74) is 3.11. The molecule has 1 unspecified atom stereocenters. The average Bonchev–Trinajstić information content (AvgIpc) is 2.67. The Kier molecular flexibility index (Phi) is 6.96. The quantitative estimate of drug-likeness (QED) is 0.402. The number of rotatable bonds is 6. The zero-order chi connectivity index (χ0) is 17.6. The van der Waals surface area contributed by atoms with Crippen molar-refractivity contribution >= 4 is 28.1 Å². The monoisotopic (exact) mass is 394 g/mol. The molecular formula is C19H27BrN2O2. The molecule has 132 valence electrons. The number of fused-ring (bicyclic) bond motifs is 1. The molecule has 1 aromatic rings. The summed E-state index contributed by atoms with van der Waals surface area (Å²) in [7, 11) is 0. The van der Waals surface area contributed by atoms with Crippen molar-refractivity contribution in [3.05, 3.63) is 29.1 Å². The fourth-order valence-corrected chi connectivity index (χ4v) is 3.27. The number of pyridine rings is 1. The van der Waals surface area contributed by atoms with Gasteiger partial charge < -0.3 is 4.74 Å². The van der Waals surface area contributed by atoms with Crippen LogP contribution in [0, 0.1) is 0 Å². The first kappa shape index (κ1) is 19.1. The standard InChI is InChI=1S/C19H27BrN2O2/c1-19(2,3)24-17(23)8-6-4-5-7-15-10-9-14-11-12-21-13-16(20)18(14)22-15/h9-10,13,16H,4-8,11-12H2,1-3H3. The summed E-state index contributed by atoms with van der Waals surface area (Å²) < 4.78 is 5.32. The lowest BCUT2D eigenvalue weighted by molar-refractivity contribution is -0.154. The molecule has 0 spiro atoms. The van der Waals surface area contributed by atoms with E-state index in [1.165, 1.54) is 5.56 Å². The molecule has 0 aromatic carbocycles. The molecule has 1 aliphatic heterocycles. The van der Waals surface area contributed by atoms with Crippen molar-refractivity contribution in [2.75, 3.05) is 6.54 Å². The van der Waals surface area contributed by atoms with Crippen molar-refractivity contribution < 1.29 is 9.53 Å². The number of aromatic nitrogens is 1. The highest BCUT2D eigenvalue weighted by Crippen LogP contribution is 2.26. The number of aliphatic imine (C=N–C) groups is 1. The van der Waals surface area contributed by atoms with Crippen molar-refractivity contribution in [1.82, 2.24) is 4.98 Å². The Morgan fingerprint density at radius 2 is 2.08 bits per heavy atom. The van der Waals surface area contributed by atoms with E-state index in [2.05, 4.69) is 33.1 Å². The first-order valence-electron chi connectivity index (χ1n) is 8.70. The molecule has 1 aromatic heterocycles. The summed E-state index contributed by atoms with van der Waals surface area (Å²) in [6.45, 7) is 6.53. The second-order valence-electron chi connectivity index (χ2n) is 7.20. The number of esters is 1. The van der Waals surface area contributed by atoms with Crippen molar-refractivity contribution in [3.63, 3.8) is 0 Å².